The third kappa shape index (κ3) is 3.14. The first kappa shape index (κ1) is 17.6. The Hall–Kier alpha value is -2.52. The van der Waals surface area contributed by atoms with Gasteiger partial charge in [0.05, 0.1) is 16.4 Å². The van der Waals surface area contributed by atoms with Crippen molar-refractivity contribution in [2.75, 3.05) is 44.3 Å². The molecule has 9 heteroatoms. The summed E-state index contributed by atoms with van der Waals surface area (Å²) >= 11 is 1.66. The lowest BCUT2D eigenvalue weighted by molar-refractivity contribution is 0.157. The minimum Gasteiger partial charge on any atom is -0.484 e. The molecule has 7 nitrogen and oxygen atoms in total. The van der Waals surface area contributed by atoms with E-state index in [0.717, 1.165) is 41.7 Å². The van der Waals surface area contributed by atoms with Crippen LogP contribution in [0.5, 0.6) is 11.6 Å². The summed E-state index contributed by atoms with van der Waals surface area (Å²) in [7, 11) is 0. The fraction of sp³-hybridized carbons (Fsp3) is 0.421. The number of fused-ring (bicyclic) bond motifs is 2. The molecule has 0 spiro atoms. The first-order chi connectivity index (χ1) is 13.7. The van der Waals surface area contributed by atoms with Crippen LogP contribution in [0.2, 0.25) is 0 Å². The molecule has 0 saturated carbocycles. The number of pyridine rings is 2. The number of hydrogen-bond acceptors (Lipinski definition) is 8. The maximum absolute atomic E-state index is 14.6. The predicted molar refractivity (Wildman–Crippen MR) is 105 cm³/mol. The number of nitrogens with zero attached hydrogens (tertiary/aromatic N) is 5. The Balaban J connectivity index is 1.30. The highest BCUT2D eigenvalue weighted by Crippen LogP contribution is 2.34. The van der Waals surface area contributed by atoms with E-state index >= 15 is 0 Å². The van der Waals surface area contributed by atoms with Crippen molar-refractivity contribution in [3.63, 3.8) is 0 Å². The number of rotatable bonds is 3. The number of aromatic nitrogens is 3. The molecule has 5 rings (SSSR count). The molecule has 1 saturated heterocycles. The summed E-state index contributed by atoms with van der Waals surface area (Å²) in [4.78, 5) is 17.9. The minimum absolute atomic E-state index is 0.144. The van der Waals surface area contributed by atoms with Crippen LogP contribution in [0.15, 0.2) is 24.4 Å². The predicted octanol–water partition coefficient (Wildman–Crippen LogP) is 2.88. The number of thiazole rings is 1. The Bertz CT molecular complexity index is 972. The fourth-order valence-electron chi connectivity index (χ4n) is 3.62. The van der Waals surface area contributed by atoms with Gasteiger partial charge < -0.3 is 14.4 Å². The molecule has 0 N–H and O–H groups in total. The van der Waals surface area contributed by atoms with E-state index in [1.54, 1.807) is 17.5 Å². The molecular weight excluding hydrogens is 381 g/mol. The van der Waals surface area contributed by atoms with Gasteiger partial charge in [-0.1, -0.05) is 11.3 Å². The molecule has 5 heterocycles. The molecule has 1 fully saturated rings. The summed E-state index contributed by atoms with van der Waals surface area (Å²) in [5, 5.41) is 0.990. The van der Waals surface area contributed by atoms with Gasteiger partial charge in [0.2, 0.25) is 0 Å². The van der Waals surface area contributed by atoms with Gasteiger partial charge in [0.15, 0.2) is 16.5 Å². The molecule has 0 aliphatic carbocycles. The van der Waals surface area contributed by atoms with Crippen LogP contribution in [-0.4, -0.2) is 59.2 Å². The highest BCUT2D eigenvalue weighted by Gasteiger charge is 2.28. The standard InChI is InChI=1S/C19H20FN5O2S/c1-12(16-13(20)11-14-18(22-16)27-10-9-26-14)24-5-7-25(8-6-24)19-23-17-15(28-19)3-2-4-21-17/h2-4,11-12H,5-10H2,1H3. The Kier molecular flexibility index (Phi) is 4.48. The van der Waals surface area contributed by atoms with Gasteiger partial charge >= 0.3 is 0 Å². The second-order valence-corrected chi connectivity index (χ2v) is 7.89. The largest absolute Gasteiger partial charge is 0.484 e. The SMILES string of the molecule is CC(c1nc2c(cc1F)OCCO2)N1CCN(c2nc3ncccc3s2)CC1. The van der Waals surface area contributed by atoms with Crippen LogP contribution in [0.1, 0.15) is 18.7 Å². The molecule has 3 aromatic heterocycles. The van der Waals surface area contributed by atoms with E-state index in [1.807, 2.05) is 19.1 Å². The van der Waals surface area contributed by atoms with E-state index in [1.165, 1.54) is 6.07 Å². The van der Waals surface area contributed by atoms with E-state index in [-0.39, 0.29) is 11.9 Å². The van der Waals surface area contributed by atoms with Gasteiger partial charge in [-0.3, -0.25) is 4.90 Å². The Morgan fingerprint density at radius 2 is 1.96 bits per heavy atom. The first-order valence-corrected chi connectivity index (χ1v) is 10.2. The molecule has 0 amide bonds. The van der Waals surface area contributed by atoms with E-state index in [2.05, 4.69) is 24.8 Å². The third-order valence-electron chi connectivity index (χ3n) is 5.20. The Morgan fingerprint density at radius 3 is 2.79 bits per heavy atom. The van der Waals surface area contributed by atoms with Gasteiger partial charge in [-0.2, -0.15) is 4.98 Å². The van der Waals surface area contributed by atoms with Crippen molar-refractivity contribution in [1.82, 2.24) is 19.9 Å². The molecule has 2 aliphatic rings. The van der Waals surface area contributed by atoms with E-state index in [4.69, 9.17) is 9.47 Å². The van der Waals surface area contributed by atoms with Gasteiger partial charge in [0, 0.05) is 38.4 Å². The van der Waals surface area contributed by atoms with Gasteiger partial charge in [-0.15, -0.1) is 0 Å². The summed E-state index contributed by atoms with van der Waals surface area (Å²) in [5.41, 5.74) is 1.20. The summed E-state index contributed by atoms with van der Waals surface area (Å²) in [6.45, 7) is 6.12. The number of halogens is 1. The molecule has 1 atom stereocenters. The van der Waals surface area contributed by atoms with Crippen molar-refractivity contribution in [3.05, 3.63) is 35.9 Å². The van der Waals surface area contributed by atoms with E-state index in [0.29, 0.717) is 30.5 Å². The van der Waals surface area contributed by atoms with Crippen LogP contribution in [0.4, 0.5) is 9.52 Å². The Morgan fingerprint density at radius 1 is 1.14 bits per heavy atom. The van der Waals surface area contributed by atoms with Crippen LogP contribution in [-0.2, 0) is 0 Å². The molecule has 146 valence electrons. The number of anilines is 1. The average Bonchev–Trinajstić information content (AvgIpc) is 3.17. The van der Waals surface area contributed by atoms with Gasteiger partial charge in [0.1, 0.15) is 19.0 Å². The lowest BCUT2D eigenvalue weighted by Crippen LogP contribution is -2.47. The molecule has 0 radical (unpaired) electrons. The smallest absolute Gasteiger partial charge is 0.257 e. The summed E-state index contributed by atoms with van der Waals surface area (Å²) in [6, 6.07) is 5.21. The van der Waals surface area contributed by atoms with Crippen LogP contribution in [0.25, 0.3) is 10.3 Å². The number of hydrogen-bond donors (Lipinski definition) is 0. The lowest BCUT2D eigenvalue weighted by atomic mass is 10.1. The van der Waals surface area contributed by atoms with Gasteiger partial charge in [-0.25, -0.2) is 14.4 Å². The van der Waals surface area contributed by atoms with Crippen LogP contribution >= 0.6 is 11.3 Å². The average molecular weight is 401 g/mol. The number of ether oxygens (including phenoxy) is 2. The van der Waals surface area contributed by atoms with Crippen molar-refractivity contribution in [3.8, 4) is 11.6 Å². The zero-order chi connectivity index (χ0) is 19.1. The molecule has 2 aliphatic heterocycles. The van der Waals surface area contributed by atoms with Gasteiger partial charge in [-0.05, 0) is 19.1 Å². The molecule has 0 aromatic carbocycles. The van der Waals surface area contributed by atoms with Crippen LogP contribution < -0.4 is 14.4 Å². The molecular formula is C19H20FN5O2S. The molecule has 3 aromatic rings. The quantitative estimate of drug-likeness (QED) is 0.669. The maximum atomic E-state index is 14.6. The Labute approximate surface area is 165 Å². The maximum Gasteiger partial charge on any atom is 0.257 e. The fourth-order valence-corrected chi connectivity index (χ4v) is 4.60. The normalized spacial score (nSPS) is 18.4. The third-order valence-corrected chi connectivity index (χ3v) is 6.27. The molecule has 28 heavy (non-hydrogen) atoms. The second-order valence-electron chi connectivity index (χ2n) is 6.88. The summed E-state index contributed by atoms with van der Waals surface area (Å²) in [5.74, 6) is 0.417. The summed E-state index contributed by atoms with van der Waals surface area (Å²) in [6.07, 6.45) is 1.76. The zero-order valence-corrected chi connectivity index (χ0v) is 16.3. The number of piperazine rings is 1. The minimum atomic E-state index is -0.351. The van der Waals surface area contributed by atoms with Crippen LogP contribution in [0, 0.1) is 5.82 Å². The first-order valence-electron chi connectivity index (χ1n) is 9.35. The van der Waals surface area contributed by atoms with E-state index < -0.39 is 0 Å². The zero-order valence-electron chi connectivity index (χ0n) is 15.5. The van der Waals surface area contributed by atoms with Gasteiger partial charge in [0.25, 0.3) is 5.88 Å². The van der Waals surface area contributed by atoms with Crippen LogP contribution in [0.3, 0.4) is 0 Å². The molecule has 1 unspecified atom stereocenters. The van der Waals surface area contributed by atoms with Crippen molar-refractivity contribution >= 4 is 26.8 Å². The topological polar surface area (TPSA) is 63.6 Å². The van der Waals surface area contributed by atoms with Crippen molar-refractivity contribution in [2.45, 2.75) is 13.0 Å². The summed E-state index contributed by atoms with van der Waals surface area (Å²) < 4.78 is 26.6. The lowest BCUT2D eigenvalue weighted by Gasteiger charge is -2.37. The van der Waals surface area contributed by atoms with Crippen molar-refractivity contribution in [1.29, 1.82) is 0 Å². The molecule has 0 bridgehead atoms. The highest BCUT2D eigenvalue weighted by molar-refractivity contribution is 7.22. The van der Waals surface area contributed by atoms with E-state index in [9.17, 15) is 4.39 Å². The monoisotopic (exact) mass is 401 g/mol. The second kappa shape index (κ2) is 7.14. The van der Waals surface area contributed by atoms with Crippen molar-refractivity contribution in [2.24, 2.45) is 0 Å². The van der Waals surface area contributed by atoms with Crippen molar-refractivity contribution < 1.29 is 13.9 Å². The highest BCUT2D eigenvalue weighted by atomic mass is 32.1.